The summed E-state index contributed by atoms with van der Waals surface area (Å²) in [5, 5.41) is 12.0. The number of anilines is 1. The van der Waals surface area contributed by atoms with Crippen molar-refractivity contribution in [3.8, 4) is 5.75 Å². The van der Waals surface area contributed by atoms with Crippen molar-refractivity contribution in [2.24, 2.45) is 0 Å². The van der Waals surface area contributed by atoms with E-state index in [9.17, 15) is 13.2 Å². The van der Waals surface area contributed by atoms with E-state index in [1.54, 1.807) is 41.5 Å². The molecular formula is C25H24N6O6S. The first kappa shape index (κ1) is 25.0. The summed E-state index contributed by atoms with van der Waals surface area (Å²) in [5.41, 5.74) is 3.19. The van der Waals surface area contributed by atoms with Gasteiger partial charge in [-0.05, 0) is 42.3 Å². The number of hydrogen-bond donors (Lipinski definition) is 2. The first-order valence-electron chi connectivity index (χ1n) is 11.5. The Kier molecular flexibility index (Phi) is 6.59. The van der Waals surface area contributed by atoms with Gasteiger partial charge in [-0.3, -0.25) is 14.4 Å². The minimum Gasteiger partial charge on any atom is -0.496 e. The molecule has 1 amide bonds. The number of fused-ring (bicyclic) bond motifs is 2. The van der Waals surface area contributed by atoms with E-state index in [1.165, 1.54) is 20.3 Å². The summed E-state index contributed by atoms with van der Waals surface area (Å²) in [5.74, 6) is 0.381. The Hall–Kier alpha value is -4.65. The third kappa shape index (κ3) is 4.83. The second kappa shape index (κ2) is 10.0. The van der Waals surface area contributed by atoms with Gasteiger partial charge in [0.15, 0.2) is 11.4 Å². The van der Waals surface area contributed by atoms with Gasteiger partial charge in [-0.2, -0.15) is 5.10 Å². The zero-order valence-electron chi connectivity index (χ0n) is 20.8. The van der Waals surface area contributed by atoms with Crippen LogP contribution in [0.4, 0.5) is 10.6 Å². The SMILES string of the molecule is COC(=O)NCc1cnn(Cc2cc(OC)c3c(NS(=O)(=O)c4cccc5c(C)ccnc45)noc3c2)c1. The van der Waals surface area contributed by atoms with Crippen LogP contribution in [0.1, 0.15) is 16.7 Å². The van der Waals surface area contributed by atoms with Gasteiger partial charge in [-0.1, -0.05) is 17.3 Å². The third-order valence-corrected chi connectivity index (χ3v) is 7.31. The molecule has 0 aliphatic rings. The Balaban J connectivity index is 1.43. The lowest BCUT2D eigenvalue weighted by molar-refractivity contribution is 0.170. The maximum absolute atomic E-state index is 13.4. The molecule has 0 saturated carbocycles. The van der Waals surface area contributed by atoms with Gasteiger partial charge in [0.2, 0.25) is 0 Å². The first-order chi connectivity index (χ1) is 18.3. The van der Waals surface area contributed by atoms with Crippen molar-refractivity contribution in [1.29, 1.82) is 0 Å². The Morgan fingerprint density at radius 1 is 1.16 bits per heavy atom. The van der Waals surface area contributed by atoms with Gasteiger partial charge in [0.25, 0.3) is 10.0 Å². The molecule has 0 bridgehead atoms. The zero-order chi connectivity index (χ0) is 26.9. The van der Waals surface area contributed by atoms with Gasteiger partial charge in [-0.15, -0.1) is 0 Å². The van der Waals surface area contributed by atoms with E-state index < -0.39 is 16.1 Å². The van der Waals surface area contributed by atoms with Crippen molar-refractivity contribution >= 4 is 43.8 Å². The van der Waals surface area contributed by atoms with E-state index in [4.69, 9.17) is 9.26 Å². The number of para-hydroxylation sites is 1. The number of amides is 1. The average Bonchev–Trinajstić information content (AvgIpc) is 3.53. The van der Waals surface area contributed by atoms with Crippen molar-refractivity contribution in [3.05, 3.63) is 71.7 Å². The third-order valence-electron chi connectivity index (χ3n) is 5.94. The molecule has 5 rings (SSSR count). The molecule has 0 fully saturated rings. The number of carbonyl (C=O) groups is 1. The predicted octanol–water partition coefficient (Wildman–Crippen LogP) is 3.59. The minimum atomic E-state index is -4.06. The average molecular weight is 537 g/mol. The number of rotatable bonds is 8. The molecule has 0 saturated heterocycles. The van der Waals surface area contributed by atoms with Crippen LogP contribution in [0.25, 0.3) is 21.9 Å². The summed E-state index contributed by atoms with van der Waals surface area (Å²) < 4.78 is 46.6. The fourth-order valence-electron chi connectivity index (χ4n) is 4.12. The monoisotopic (exact) mass is 536 g/mol. The number of ether oxygens (including phenoxy) is 2. The van der Waals surface area contributed by atoms with Gasteiger partial charge in [-0.25, -0.2) is 13.2 Å². The van der Waals surface area contributed by atoms with Crippen LogP contribution in [0, 0.1) is 6.92 Å². The number of pyridine rings is 1. The lowest BCUT2D eigenvalue weighted by atomic mass is 10.1. The van der Waals surface area contributed by atoms with Crippen LogP contribution in [0.15, 0.2) is 64.4 Å². The Morgan fingerprint density at radius 3 is 2.79 bits per heavy atom. The molecule has 0 radical (unpaired) electrons. The van der Waals surface area contributed by atoms with Crippen molar-refractivity contribution in [2.45, 2.75) is 24.9 Å². The van der Waals surface area contributed by atoms with E-state index in [1.807, 2.05) is 19.1 Å². The smallest absolute Gasteiger partial charge is 0.407 e. The van der Waals surface area contributed by atoms with E-state index in [-0.39, 0.29) is 17.3 Å². The predicted molar refractivity (Wildman–Crippen MR) is 138 cm³/mol. The van der Waals surface area contributed by atoms with E-state index in [0.717, 1.165) is 22.1 Å². The van der Waals surface area contributed by atoms with Gasteiger partial charge in [0.1, 0.15) is 16.0 Å². The Labute approximate surface area is 217 Å². The van der Waals surface area contributed by atoms with E-state index >= 15 is 0 Å². The highest BCUT2D eigenvalue weighted by molar-refractivity contribution is 7.93. The fraction of sp³-hybridized carbons (Fsp3) is 0.200. The molecule has 0 unspecified atom stereocenters. The number of benzene rings is 2. The molecule has 12 nitrogen and oxygen atoms in total. The quantitative estimate of drug-likeness (QED) is 0.303. The van der Waals surface area contributed by atoms with E-state index in [2.05, 4.69) is 30.0 Å². The number of alkyl carbamates (subject to hydrolysis) is 1. The lowest BCUT2D eigenvalue weighted by Crippen LogP contribution is -2.21. The highest BCUT2D eigenvalue weighted by Gasteiger charge is 2.24. The van der Waals surface area contributed by atoms with Crippen LogP contribution in [0.5, 0.6) is 5.75 Å². The van der Waals surface area contributed by atoms with Gasteiger partial charge in [0, 0.05) is 29.9 Å². The fourth-order valence-corrected chi connectivity index (χ4v) is 5.29. The number of sulfonamides is 1. The molecule has 0 atom stereocenters. The van der Waals surface area contributed by atoms with Crippen molar-refractivity contribution in [2.75, 3.05) is 18.9 Å². The number of nitrogens with zero attached hydrogens (tertiary/aromatic N) is 4. The Bertz CT molecular complexity index is 1760. The summed E-state index contributed by atoms with van der Waals surface area (Å²) in [6.07, 6.45) is 4.46. The molecule has 13 heteroatoms. The molecule has 38 heavy (non-hydrogen) atoms. The van der Waals surface area contributed by atoms with Gasteiger partial charge in [0.05, 0.1) is 32.5 Å². The zero-order valence-corrected chi connectivity index (χ0v) is 21.6. The van der Waals surface area contributed by atoms with Gasteiger partial charge < -0.3 is 19.3 Å². The molecule has 0 aliphatic heterocycles. The first-order valence-corrected chi connectivity index (χ1v) is 12.9. The number of hydrogen-bond acceptors (Lipinski definition) is 9. The standard InChI is InChI=1S/C25H24N6O6S/c1-15-7-8-26-23-18(15)5-4-6-21(23)38(33,34)30-24-22-19(35-2)9-16(10-20(22)37-29-24)13-31-14-17(12-28-31)11-27-25(32)36-3/h4-10,12,14H,11,13H2,1-3H3,(H,27,32)(H,29,30). The number of methoxy groups -OCH3 is 2. The molecule has 2 N–H and O–H groups in total. The van der Waals surface area contributed by atoms with Crippen molar-refractivity contribution in [3.63, 3.8) is 0 Å². The van der Waals surface area contributed by atoms with Crippen molar-refractivity contribution < 1.29 is 27.2 Å². The van der Waals surface area contributed by atoms with E-state index in [0.29, 0.717) is 28.8 Å². The minimum absolute atomic E-state index is 0.00307. The summed E-state index contributed by atoms with van der Waals surface area (Å²) >= 11 is 0. The molecule has 3 aromatic heterocycles. The molecule has 5 aromatic rings. The second-order valence-corrected chi connectivity index (χ2v) is 10.1. The van der Waals surface area contributed by atoms with Crippen LogP contribution in [-0.2, 0) is 27.8 Å². The lowest BCUT2D eigenvalue weighted by Gasteiger charge is -2.10. The van der Waals surface area contributed by atoms with Crippen molar-refractivity contribution in [1.82, 2.24) is 25.2 Å². The van der Waals surface area contributed by atoms with Gasteiger partial charge >= 0.3 is 6.09 Å². The second-order valence-electron chi connectivity index (χ2n) is 8.48. The largest absolute Gasteiger partial charge is 0.496 e. The number of carbonyl (C=O) groups excluding carboxylic acids is 1. The molecule has 3 heterocycles. The summed E-state index contributed by atoms with van der Waals surface area (Å²) in [4.78, 5) is 15.6. The molecule has 0 aliphatic carbocycles. The summed E-state index contributed by atoms with van der Waals surface area (Å²) in [6.45, 7) is 2.53. The number of aromatic nitrogens is 4. The summed E-state index contributed by atoms with van der Waals surface area (Å²) in [6, 6.07) is 10.3. The number of aryl methyl sites for hydroxylation is 1. The highest BCUT2D eigenvalue weighted by atomic mass is 32.2. The topological polar surface area (TPSA) is 150 Å². The van der Waals surface area contributed by atoms with Crippen LogP contribution in [0.2, 0.25) is 0 Å². The highest BCUT2D eigenvalue weighted by Crippen LogP contribution is 2.35. The molecule has 2 aromatic carbocycles. The maximum Gasteiger partial charge on any atom is 0.407 e. The van der Waals surface area contributed by atoms with Crippen LogP contribution >= 0.6 is 0 Å². The molecular weight excluding hydrogens is 512 g/mol. The molecule has 196 valence electrons. The molecule has 0 spiro atoms. The van der Waals surface area contributed by atoms with Crippen LogP contribution in [0.3, 0.4) is 0 Å². The normalized spacial score (nSPS) is 11.6. The number of nitrogens with one attached hydrogen (secondary N) is 2. The maximum atomic E-state index is 13.4. The summed E-state index contributed by atoms with van der Waals surface area (Å²) in [7, 11) is -1.28. The van der Waals surface area contributed by atoms with Crippen LogP contribution < -0.4 is 14.8 Å². The Morgan fingerprint density at radius 2 is 2.00 bits per heavy atom. The van der Waals surface area contributed by atoms with Crippen LogP contribution in [-0.4, -0.2) is 48.7 Å².